The topological polar surface area (TPSA) is 18.5 Å². The van der Waals surface area contributed by atoms with Gasteiger partial charge in [-0.1, -0.05) is 97.9 Å². The van der Waals surface area contributed by atoms with Crippen LogP contribution in [0.5, 0.6) is 5.75 Å². The van der Waals surface area contributed by atoms with Gasteiger partial charge >= 0.3 is 0 Å². The fourth-order valence-corrected chi connectivity index (χ4v) is 5.91. The summed E-state index contributed by atoms with van der Waals surface area (Å²) in [6, 6.07) is 13.5. The number of hydrogen-bond acceptors (Lipinski definition) is 2. The lowest BCUT2D eigenvalue weighted by Gasteiger charge is -2.36. The van der Waals surface area contributed by atoms with Crippen LogP contribution in [-0.4, -0.2) is 23.2 Å². The predicted molar refractivity (Wildman–Crippen MR) is 161 cm³/mol. The van der Waals surface area contributed by atoms with E-state index in [-0.39, 0.29) is 5.04 Å². The first kappa shape index (κ1) is 30.1. The molecule has 2 aromatic carbocycles. The second-order valence-corrected chi connectivity index (χ2v) is 23.1. The standard InChI is InChI=1S/C31H54O2Si2/c1-30(2,3)34(7,8)32-23-17-15-13-11-12-14-16-18-26-19-20-27-21-22-29(25-28(27)24-26)33-35(9,10)31(4,5)6/h19-22,24-25H,11-18,23H2,1-10H3. The van der Waals surface area contributed by atoms with Crippen LogP contribution < -0.4 is 4.43 Å². The molecule has 0 aliphatic carbocycles. The van der Waals surface area contributed by atoms with Crippen LogP contribution in [0.3, 0.4) is 0 Å². The molecule has 0 unspecified atom stereocenters. The molecule has 0 radical (unpaired) electrons. The summed E-state index contributed by atoms with van der Waals surface area (Å²) in [5, 5.41) is 3.13. The fourth-order valence-electron chi connectivity index (χ4n) is 3.80. The summed E-state index contributed by atoms with van der Waals surface area (Å²) in [6.07, 6.45) is 10.3. The van der Waals surface area contributed by atoms with Gasteiger partial charge in [0.05, 0.1) is 0 Å². The van der Waals surface area contributed by atoms with Crippen LogP contribution in [-0.2, 0) is 10.8 Å². The maximum Gasteiger partial charge on any atom is 0.250 e. The summed E-state index contributed by atoms with van der Waals surface area (Å²) in [5.41, 5.74) is 1.45. The minimum absolute atomic E-state index is 0.211. The minimum atomic E-state index is -1.81. The molecule has 0 atom stereocenters. The Kier molecular flexibility index (Phi) is 10.7. The Balaban J connectivity index is 1.70. The van der Waals surface area contributed by atoms with E-state index in [0.717, 1.165) is 12.4 Å². The van der Waals surface area contributed by atoms with Crippen LogP contribution in [0.25, 0.3) is 10.8 Å². The summed E-state index contributed by atoms with van der Waals surface area (Å²) < 4.78 is 12.8. The molecule has 35 heavy (non-hydrogen) atoms. The SMILES string of the molecule is CC(C)(C)[Si](C)(C)OCCCCCCCCCc1ccc2ccc(O[Si](C)(C)C(C)(C)C)cc2c1. The van der Waals surface area contributed by atoms with E-state index in [1.54, 1.807) is 0 Å². The van der Waals surface area contributed by atoms with Crippen LogP contribution in [0.15, 0.2) is 36.4 Å². The van der Waals surface area contributed by atoms with Gasteiger partial charge in [0.1, 0.15) is 5.75 Å². The maximum atomic E-state index is 6.54. The van der Waals surface area contributed by atoms with Gasteiger partial charge in [-0.2, -0.15) is 0 Å². The largest absolute Gasteiger partial charge is 0.543 e. The van der Waals surface area contributed by atoms with Crippen molar-refractivity contribution in [3.63, 3.8) is 0 Å². The Morgan fingerprint density at radius 1 is 0.600 bits per heavy atom. The highest BCUT2D eigenvalue weighted by Crippen LogP contribution is 2.38. The van der Waals surface area contributed by atoms with Crippen molar-refractivity contribution in [2.24, 2.45) is 0 Å². The molecular formula is C31H54O2Si2. The molecule has 0 aromatic heterocycles. The predicted octanol–water partition coefficient (Wildman–Crippen LogP) is 10.5. The molecule has 0 N–H and O–H groups in total. The first-order valence-electron chi connectivity index (χ1n) is 14.0. The van der Waals surface area contributed by atoms with E-state index < -0.39 is 16.6 Å². The van der Waals surface area contributed by atoms with E-state index in [2.05, 4.69) is 104 Å². The lowest BCUT2D eigenvalue weighted by atomic mass is 10.0. The van der Waals surface area contributed by atoms with Gasteiger partial charge in [-0.15, -0.1) is 0 Å². The van der Waals surface area contributed by atoms with Crippen molar-refractivity contribution in [3.8, 4) is 5.75 Å². The molecule has 0 saturated heterocycles. The lowest BCUT2D eigenvalue weighted by Crippen LogP contribution is -2.43. The van der Waals surface area contributed by atoms with Gasteiger partial charge in [-0.25, -0.2) is 0 Å². The van der Waals surface area contributed by atoms with Gasteiger partial charge in [-0.05, 0) is 84.0 Å². The summed E-state index contributed by atoms with van der Waals surface area (Å²) in [5.74, 6) is 1.02. The first-order chi connectivity index (χ1) is 16.1. The molecule has 0 heterocycles. The molecule has 0 aliphatic rings. The Hall–Kier alpha value is -1.11. The molecule has 4 heteroatoms. The van der Waals surface area contributed by atoms with Crippen molar-refractivity contribution in [2.75, 3.05) is 6.61 Å². The highest BCUT2D eigenvalue weighted by molar-refractivity contribution is 6.75. The number of unbranched alkanes of at least 4 members (excludes halogenated alkanes) is 6. The molecule has 0 bridgehead atoms. The molecule has 0 spiro atoms. The third-order valence-corrected chi connectivity index (χ3v) is 17.3. The summed E-state index contributed by atoms with van der Waals surface area (Å²) >= 11 is 0. The van der Waals surface area contributed by atoms with Gasteiger partial charge in [0.15, 0.2) is 8.32 Å². The van der Waals surface area contributed by atoms with Crippen LogP contribution in [0, 0.1) is 0 Å². The van der Waals surface area contributed by atoms with Crippen LogP contribution >= 0.6 is 0 Å². The van der Waals surface area contributed by atoms with Gasteiger partial charge in [-0.3, -0.25) is 0 Å². The second kappa shape index (κ2) is 12.4. The zero-order valence-electron chi connectivity index (χ0n) is 24.6. The van der Waals surface area contributed by atoms with E-state index in [9.17, 15) is 0 Å². The molecule has 2 rings (SSSR count). The van der Waals surface area contributed by atoms with Crippen molar-refractivity contribution < 1.29 is 8.85 Å². The number of benzene rings is 2. The normalized spacial score (nSPS) is 13.4. The molecule has 2 aromatic rings. The monoisotopic (exact) mass is 514 g/mol. The Labute approximate surface area is 219 Å². The number of fused-ring (bicyclic) bond motifs is 1. The van der Waals surface area contributed by atoms with Gasteiger partial charge in [0.2, 0.25) is 8.32 Å². The van der Waals surface area contributed by atoms with E-state index in [0.29, 0.717) is 5.04 Å². The summed E-state index contributed by atoms with van der Waals surface area (Å²) in [7, 11) is -3.38. The number of rotatable bonds is 13. The summed E-state index contributed by atoms with van der Waals surface area (Å²) in [6.45, 7) is 24.1. The molecule has 2 nitrogen and oxygen atoms in total. The van der Waals surface area contributed by atoms with Crippen LogP contribution in [0.2, 0.25) is 36.3 Å². The average molecular weight is 515 g/mol. The first-order valence-corrected chi connectivity index (χ1v) is 19.8. The smallest absolute Gasteiger partial charge is 0.250 e. The van der Waals surface area contributed by atoms with Crippen molar-refractivity contribution in [2.45, 2.75) is 129 Å². The highest BCUT2D eigenvalue weighted by Gasteiger charge is 2.39. The Morgan fingerprint density at radius 2 is 1.14 bits per heavy atom. The van der Waals surface area contributed by atoms with Crippen molar-refractivity contribution >= 4 is 27.4 Å². The molecule has 198 valence electrons. The average Bonchev–Trinajstić information content (AvgIpc) is 2.72. The minimum Gasteiger partial charge on any atom is -0.543 e. The Morgan fingerprint density at radius 3 is 1.74 bits per heavy atom. The second-order valence-electron chi connectivity index (χ2n) is 13.5. The van der Waals surface area contributed by atoms with E-state index in [1.807, 2.05) is 0 Å². The molecule has 0 saturated carbocycles. The lowest BCUT2D eigenvalue weighted by molar-refractivity contribution is 0.277. The van der Waals surface area contributed by atoms with Gasteiger partial charge in [0.25, 0.3) is 0 Å². The van der Waals surface area contributed by atoms with Gasteiger partial charge in [0, 0.05) is 6.61 Å². The summed E-state index contributed by atoms with van der Waals surface area (Å²) in [4.78, 5) is 0. The number of aryl methyl sites for hydroxylation is 1. The molecule has 0 aliphatic heterocycles. The molecular weight excluding hydrogens is 461 g/mol. The van der Waals surface area contributed by atoms with Crippen LogP contribution in [0.1, 0.15) is 92.1 Å². The van der Waals surface area contributed by atoms with Crippen molar-refractivity contribution in [1.29, 1.82) is 0 Å². The molecule has 0 fully saturated rings. The zero-order chi connectivity index (χ0) is 26.3. The van der Waals surface area contributed by atoms with E-state index >= 15 is 0 Å². The quantitative estimate of drug-likeness (QED) is 0.195. The fraction of sp³-hybridized carbons (Fsp3) is 0.677. The van der Waals surface area contributed by atoms with E-state index in [4.69, 9.17) is 8.85 Å². The Bertz CT molecular complexity index is 920. The van der Waals surface area contributed by atoms with Crippen molar-refractivity contribution in [3.05, 3.63) is 42.0 Å². The van der Waals surface area contributed by atoms with Gasteiger partial charge < -0.3 is 8.85 Å². The maximum absolute atomic E-state index is 6.54. The highest BCUT2D eigenvalue weighted by atomic mass is 28.4. The third kappa shape index (κ3) is 9.37. The zero-order valence-corrected chi connectivity index (χ0v) is 26.6. The van der Waals surface area contributed by atoms with Crippen LogP contribution in [0.4, 0.5) is 0 Å². The third-order valence-electron chi connectivity index (χ3n) is 8.43. The molecule has 0 amide bonds. The number of hydrogen-bond donors (Lipinski definition) is 0. The van der Waals surface area contributed by atoms with E-state index in [1.165, 1.54) is 67.7 Å². The van der Waals surface area contributed by atoms with Crippen molar-refractivity contribution in [1.82, 2.24) is 0 Å².